The summed E-state index contributed by atoms with van der Waals surface area (Å²) in [6.07, 6.45) is -3.30. The fraction of sp³-hybridized carbons (Fsp3) is 1.00. The maximum Gasteiger partial charge on any atom is 0.416 e. The molecular weight excluding hydrogens is 249 g/mol. The summed E-state index contributed by atoms with van der Waals surface area (Å²) in [5.74, 6) is -0.290. The average molecular weight is 270 g/mol. The number of alkyl halides is 3. The molecule has 0 amide bonds. The molecule has 6 heteroatoms. The van der Waals surface area contributed by atoms with Gasteiger partial charge in [0.05, 0.1) is 0 Å². The second kappa shape index (κ2) is 4.89. The molecule has 1 rings (SSSR count). The summed E-state index contributed by atoms with van der Waals surface area (Å²) in [6.45, 7) is 5.11. The van der Waals surface area contributed by atoms with Gasteiger partial charge in [-0.1, -0.05) is 0 Å². The Morgan fingerprint density at radius 2 is 1.94 bits per heavy atom. The van der Waals surface area contributed by atoms with Crippen molar-refractivity contribution in [1.29, 1.82) is 0 Å². The van der Waals surface area contributed by atoms with Crippen LogP contribution in [0, 0.1) is 5.92 Å². The molecule has 1 aliphatic carbocycles. The number of hydrogen-bond donors (Lipinski definition) is 1. The van der Waals surface area contributed by atoms with E-state index in [1.807, 2.05) is 0 Å². The third-order valence-corrected chi connectivity index (χ3v) is 4.09. The van der Waals surface area contributed by atoms with Gasteiger partial charge in [-0.3, -0.25) is 0 Å². The minimum Gasteiger partial charge on any atom is -0.404 e. The van der Waals surface area contributed by atoms with E-state index in [9.17, 15) is 13.2 Å². The van der Waals surface area contributed by atoms with Crippen LogP contribution in [0.5, 0.6) is 0 Å². The fourth-order valence-corrected chi connectivity index (χ4v) is 3.97. The summed E-state index contributed by atoms with van der Waals surface area (Å²) in [5.41, 5.74) is -2.02. The Balaban J connectivity index is 2.94. The Morgan fingerprint density at radius 1 is 1.35 bits per heavy atom. The highest BCUT2D eigenvalue weighted by molar-refractivity contribution is 6.69. The predicted molar refractivity (Wildman–Crippen MR) is 62.3 cm³/mol. The first-order chi connectivity index (χ1) is 7.60. The lowest BCUT2D eigenvalue weighted by Crippen LogP contribution is -2.55. The van der Waals surface area contributed by atoms with E-state index in [2.05, 4.69) is 0 Å². The summed E-state index contributed by atoms with van der Waals surface area (Å²) < 4.78 is 45.2. The molecule has 0 aromatic rings. The van der Waals surface area contributed by atoms with E-state index in [0.717, 1.165) is 0 Å². The summed E-state index contributed by atoms with van der Waals surface area (Å²) in [4.78, 5) is 0. The molecule has 1 aliphatic rings. The monoisotopic (exact) mass is 270 g/mol. The van der Waals surface area contributed by atoms with Crippen molar-refractivity contribution < 1.29 is 22.7 Å². The van der Waals surface area contributed by atoms with Crippen LogP contribution in [0.4, 0.5) is 13.2 Å². The summed E-state index contributed by atoms with van der Waals surface area (Å²) in [5, 5.41) is 9.08. The Labute approximate surface area is 101 Å². The molecule has 17 heavy (non-hydrogen) atoms. The third kappa shape index (κ3) is 3.69. The quantitative estimate of drug-likeness (QED) is 0.797. The first kappa shape index (κ1) is 15.0. The van der Waals surface area contributed by atoms with E-state index in [-0.39, 0.29) is 25.4 Å². The van der Waals surface area contributed by atoms with Crippen molar-refractivity contribution in [1.82, 2.24) is 0 Å². The maximum absolute atomic E-state index is 13.3. The van der Waals surface area contributed by atoms with Crippen molar-refractivity contribution in [3.05, 3.63) is 0 Å². The van der Waals surface area contributed by atoms with Crippen molar-refractivity contribution in [3.63, 3.8) is 0 Å². The highest BCUT2D eigenvalue weighted by atomic mass is 28.4. The van der Waals surface area contributed by atoms with Crippen LogP contribution in [-0.2, 0) is 4.43 Å². The van der Waals surface area contributed by atoms with Gasteiger partial charge >= 0.3 is 6.18 Å². The van der Waals surface area contributed by atoms with Gasteiger partial charge in [0.25, 0.3) is 0 Å². The van der Waals surface area contributed by atoms with Gasteiger partial charge in [0.15, 0.2) is 13.9 Å². The van der Waals surface area contributed by atoms with Gasteiger partial charge in [0, 0.05) is 6.61 Å². The van der Waals surface area contributed by atoms with E-state index < -0.39 is 20.1 Å². The molecule has 0 aromatic heterocycles. The Bertz CT molecular complexity index is 262. The second-order valence-electron chi connectivity index (χ2n) is 5.85. The molecule has 0 aromatic carbocycles. The summed E-state index contributed by atoms with van der Waals surface area (Å²) in [6, 6.07) is 0. The van der Waals surface area contributed by atoms with Crippen molar-refractivity contribution in [2.24, 2.45) is 5.92 Å². The summed E-state index contributed by atoms with van der Waals surface area (Å²) in [7, 11) is -2.27. The van der Waals surface area contributed by atoms with Gasteiger partial charge in [-0.2, -0.15) is 13.2 Å². The first-order valence-corrected chi connectivity index (χ1v) is 9.38. The summed E-state index contributed by atoms with van der Waals surface area (Å²) >= 11 is 0. The molecular formula is C11H21F3O2Si. The number of aliphatic hydroxyl groups is 1. The number of hydrogen-bond acceptors (Lipinski definition) is 2. The van der Waals surface area contributed by atoms with Gasteiger partial charge < -0.3 is 9.53 Å². The average Bonchev–Trinajstić information content (AvgIpc) is 2.13. The van der Waals surface area contributed by atoms with Crippen LogP contribution in [0.2, 0.25) is 19.6 Å². The van der Waals surface area contributed by atoms with Gasteiger partial charge in [0.2, 0.25) is 0 Å². The molecule has 0 aliphatic heterocycles. The van der Waals surface area contributed by atoms with Gasteiger partial charge in [-0.25, -0.2) is 0 Å². The predicted octanol–water partition coefficient (Wildman–Crippen LogP) is 3.32. The molecule has 2 atom stereocenters. The van der Waals surface area contributed by atoms with Crippen LogP contribution < -0.4 is 0 Å². The molecule has 1 saturated carbocycles. The molecule has 0 spiro atoms. The second-order valence-corrected chi connectivity index (χ2v) is 10.3. The van der Waals surface area contributed by atoms with Gasteiger partial charge in [-0.15, -0.1) is 0 Å². The van der Waals surface area contributed by atoms with Crippen molar-refractivity contribution in [2.75, 3.05) is 6.61 Å². The van der Waals surface area contributed by atoms with Crippen molar-refractivity contribution in [3.8, 4) is 0 Å². The van der Waals surface area contributed by atoms with Crippen LogP contribution in [-0.4, -0.2) is 31.8 Å². The lowest BCUT2D eigenvalue weighted by molar-refractivity contribution is -0.267. The Kier molecular flexibility index (Phi) is 4.31. The van der Waals surface area contributed by atoms with E-state index in [4.69, 9.17) is 9.53 Å². The minimum atomic E-state index is -4.35. The normalized spacial score (nSPS) is 31.6. The largest absolute Gasteiger partial charge is 0.416 e. The topological polar surface area (TPSA) is 29.5 Å². The van der Waals surface area contributed by atoms with Crippen molar-refractivity contribution in [2.45, 2.75) is 57.1 Å². The lowest BCUT2D eigenvalue weighted by Gasteiger charge is -2.45. The Morgan fingerprint density at radius 3 is 2.35 bits per heavy atom. The number of halogens is 3. The van der Waals surface area contributed by atoms with Crippen LogP contribution in [0.3, 0.4) is 0 Å². The van der Waals surface area contributed by atoms with E-state index in [1.165, 1.54) is 0 Å². The SMILES string of the molecule is C[Si](C)(C)OC1(C(F)(F)F)CCCC(CO)C1. The van der Waals surface area contributed by atoms with Crippen LogP contribution in [0.15, 0.2) is 0 Å². The zero-order chi connectivity index (χ0) is 13.3. The molecule has 0 radical (unpaired) electrons. The molecule has 2 nitrogen and oxygen atoms in total. The van der Waals surface area contributed by atoms with E-state index in [1.54, 1.807) is 19.6 Å². The molecule has 1 N–H and O–H groups in total. The smallest absolute Gasteiger partial charge is 0.404 e. The zero-order valence-corrected chi connectivity index (χ0v) is 11.6. The maximum atomic E-state index is 13.3. The highest BCUT2D eigenvalue weighted by Crippen LogP contribution is 2.47. The van der Waals surface area contributed by atoms with Crippen LogP contribution in [0.1, 0.15) is 25.7 Å². The van der Waals surface area contributed by atoms with E-state index in [0.29, 0.717) is 12.8 Å². The lowest BCUT2D eigenvalue weighted by atomic mass is 9.78. The number of aliphatic hydroxyl groups excluding tert-OH is 1. The Hall–Kier alpha value is -0.0731. The van der Waals surface area contributed by atoms with Gasteiger partial charge in [0.1, 0.15) is 0 Å². The minimum absolute atomic E-state index is 0.0251. The zero-order valence-electron chi connectivity index (χ0n) is 10.6. The molecule has 102 valence electrons. The molecule has 0 saturated heterocycles. The highest BCUT2D eigenvalue weighted by Gasteiger charge is 2.58. The van der Waals surface area contributed by atoms with Crippen LogP contribution >= 0.6 is 0 Å². The van der Waals surface area contributed by atoms with Gasteiger partial charge in [-0.05, 0) is 51.2 Å². The molecule has 2 unspecified atom stereocenters. The fourth-order valence-electron chi connectivity index (χ4n) is 2.50. The van der Waals surface area contributed by atoms with Crippen LogP contribution in [0.25, 0.3) is 0 Å². The standard InChI is InChI=1S/C11H21F3O2Si/c1-17(2,3)16-10(11(12,13)14)6-4-5-9(7-10)8-15/h9,15H,4-8H2,1-3H3. The molecule has 0 bridgehead atoms. The number of rotatable bonds is 3. The third-order valence-electron chi connectivity index (χ3n) is 3.09. The van der Waals surface area contributed by atoms with E-state index >= 15 is 0 Å². The van der Waals surface area contributed by atoms with Crippen molar-refractivity contribution >= 4 is 8.32 Å². The molecule has 1 fully saturated rings. The molecule has 0 heterocycles. The first-order valence-electron chi connectivity index (χ1n) is 5.97.